The van der Waals surface area contributed by atoms with E-state index in [0.717, 1.165) is 17.1 Å². The van der Waals surface area contributed by atoms with Crippen LogP contribution in [0.25, 0.3) is 0 Å². The molecule has 1 atom stereocenters. The minimum absolute atomic E-state index is 0.0272. The Hall–Kier alpha value is -2.38. The summed E-state index contributed by atoms with van der Waals surface area (Å²) < 4.78 is 0. The molecule has 2 aromatic rings. The second-order valence-corrected chi connectivity index (χ2v) is 4.46. The predicted molar refractivity (Wildman–Crippen MR) is 76.1 cm³/mol. The van der Waals surface area contributed by atoms with Gasteiger partial charge >= 0.3 is 0 Å². The fourth-order valence-corrected chi connectivity index (χ4v) is 1.82. The number of nitrogens with zero attached hydrogens (tertiary/aromatic N) is 3. The summed E-state index contributed by atoms with van der Waals surface area (Å²) in [7, 11) is 1.92. The lowest BCUT2D eigenvalue weighted by Crippen LogP contribution is -2.13. The van der Waals surface area contributed by atoms with E-state index in [1.54, 1.807) is 12.3 Å². The van der Waals surface area contributed by atoms with E-state index in [1.165, 1.54) is 0 Å². The van der Waals surface area contributed by atoms with Gasteiger partial charge < -0.3 is 10.6 Å². The second-order valence-electron chi connectivity index (χ2n) is 4.46. The zero-order chi connectivity index (χ0) is 13.8. The number of hydrogen-bond donors (Lipinski definition) is 1. The van der Waals surface area contributed by atoms with Crippen LogP contribution in [0.2, 0.25) is 0 Å². The lowest BCUT2D eigenvalue weighted by atomic mass is 10.1. The van der Waals surface area contributed by atoms with E-state index >= 15 is 0 Å². The van der Waals surface area contributed by atoms with Gasteiger partial charge in [0.1, 0.15) is 5.82 Å². The molecule has 2 rings (SSSR count). The molecule has 96 valence electrons. The minimum Gasteiger partial charge on any atom is -0.329 e. The van der Waals surface area contributed by atoms with Crippen molar-refractivity contribution in [2.45, 2.75) is 13.0 Å². The van der Waals surface area contributed by atoms with Gasteiger partial charge in [-0.25, -0.2) is 4.98 Å². The van der Waals surface area contributed by atoms with Crippen molar-refractivity contribution < 1.29 is 0 Å². The van der Waals surface area contributed by atoms with Crippen LogP contribution in [0.1, 0.15) is 24.1 Å². The number of nitrogens with two attached hydrogens (primary N) is 1. The van der Waals surface area contributed by atoms with Crippen LogP contribution in [0.4, 0.5) is 11.5 Å². The molecule has 0 saturated heterocycles. The minimum atomic E-state index is -0.0272. The number of hydrogen-bond acceptors (Lipinski definition) is 4. The van der Waals surface area contributed by atoms with Crippen LogP contribution in [0.5, 0.6) is 0 Å². The number of aromatic nitrogens is 1. The number of rotatable bonds is 3. The maximum Gasteiger partial charge on any atom is 0.132 e. The maximum absolute atomic E-state index is 8.93. The second kappa shape index (κ2) is 5.51. The number of anilines is 2. The highest BCUT2D eigenvalue weighted by Gasteiger charge is 2.08. The molecule has 2 N–H and O–H groups in total. The molecule has 4 heteroatoms. The van der Waals surface area contributed by atoms with Gasteiger partial charge in [0.25, 0.3) is 0 Å². The molecule has 0 aliphatic carbocycles. The van der Waals surface area contributed by atoms with Gasteiger partial charge in [0.05, 0.1) is 11.6 Å². The number of pyridine rings is 1. The van der Waals surface area contributed by atoms with Crippen LogP contribution < -0.4 is 10.6 Å². The van der Waals surface area contributed by atoms with E-state index in [2.05, 4.69) is 11.1 Å². The zero-order valence-electron chi connectivity index (χ0n) is 11.0. The van der Waals surface area contributed by atoms with Crippen molar-refractivity contribution in [2.24, 2.45) is 5.73 Å². The van der Waals surface area contributed by atoms with E-state index in [0.29, 0.717) is 5.56 Å². The first-order valence-corrected chi connectivity index (χ1v) is 6.07. The third-order valence-electron chi connectivity index (χ3n) is 3.00. The van der Waals surface area contributed by atoms with Crippen molar-refractivity contribution in [1.29, 1.82) is 5.26 Å². The molecule has 4 nitrogen and oxygen atoms in total. The molecule has 0 fully saturated rings. The van der Waals surface area contributed by atoms with Gasteiger partial charge in [-0.05, 0) is 42.8 Å². The van der Waals surface area contributed by atoms with Gasteiger partial charge in [0.15, 0.2) is 0 Å². The Balaban J connectivity index is 2.35. The maximum atomic E-state index is 8.93. The first kappa shape index (κ1) is 13.1. The molecular formula is C15H16N4. The van der Waals surface area contributed by atoms with Crippen LogP contribution in [0, 0.1) is 11.3 Å². The van der Waals surface area contributed by atoms with Crippen molar-refractivity contribution in [3.05, 3.63) is 53.7 Å². The van der Waals surface area contributed by atoms with Gasteiger partial charge in [-0.2, -0.15) is 5.26 Å². The van der Waals surface area contributed by atoms with E-state index in [4.69, 9.17) is 11.0 Å². The SMILES string of the molecule is C[C@@H](N)c1ccnc(N(C)c2cccc(C#N)c2)c1. The highest BCUT2D eigenvalue weighted by Crippen LogP contribution is 2.24. The van der Waals surface area contributed by atoms with Crippen LogP contribution in [-0.4, -0.2) is 12.0 Å². The largest absolute Gasteiger partial charge is 0.329 e. The highest BCUT2D eigenvalue weighted by molar-refractivity contribution is 5.61. The first-order valence-electron chi connectivity index (χ1n) is 6.07. The lowest BCUT2D eigenvalue weighted by molar-refractivity contribution is 0.814. The first-order chi connectivity index (χ1) is 9.11. The summed E-state index contributed by atoms with van der Waals surface area (Å²) in [6.45, 7) is 1.94. The summed E-state index contributed by atoms with van der Waals surface area (Å²) in [6, 6.07) is 13.4. The van der Waals surface area contributed by atoms with Crippen LogP contribution in [0.15, 0.2) is 42.6 Å². The lowest BCUT2D eigenvalue weighted by Gasteiger charge is -2.19. The van der Waals surface area contributed by atoms with E-state index in [9.17, 15) is 0 Å². The van der Waals surface area contributed by atoms with Gasteiger partial charge in [-0.1, -0.05) is 6.07 Å². The topological polar surface area (TPSA) is 65.9 Å². The Morgan fingerprint density at radius 1 is 1.32 bits per heavy atom. The Morgan fingerprint density at radius 2 is 2.11 bits per heavy atom. The summed E-state index contributed by atoms with van der Waals surface area (Å²) >= 11 is 0. The molecule has 0 amide bonds. The van der Waals surface area contributed by atoms with Gasteiger partial charge in [-0.15, -0.1) is 0 Å². The van der Waals surface area contributed by atoms with Crippen LogP contribution in [-0.2, 0) is 0 Å². The van der Waals surface area contributed by atoms with Crippen LogP contribution in [0.3, 0.4) is 0 Å². The van der Waals surface area contributed by atoms with Gasteiger partial charge in [-0.3, -0.25) is 0 Å². The summed E-state index contributed by atoms with van der Waals surface area (Å²) in [5.74, 6) is 0.810. The third-order valence-corrected chi connectivity index (χ3v) is 3.00. The summed E-state index contributed by atoms with van der Waals surface area (Å²) in [6.07, 6.45) is 1.75. The van der Waals surface area contributed by atoms with Gasteiger partial charge in [0.2, 0.25) is 0 Å². The molecule has 1 aromatic carbocycles. The molecule has 19 heavy (non-hydrogen) atoms. The molecule has 0 saturated carbocycles. The number of benzene rings is 1. The fourth-order valence-electron chi connectivity index (χ4n) is 1.82. The van der Waals surface area contributed by atoms with Gasteiger partial charge in [0, 0.05) is 25.0 Å². The van der Waals surface area contributed by atoms with E-state index < -0.39 is 0 Å². The Morgan fingerprint density at radius 3 is 2.79 bits per heavy atom. The van der Waals surface area contributed by atoms with E-state index in [-0.39, 0.29) is 6.04 Å². The summed E-state index contributed by atoms with van der Waals surface area (Å²) in [5.41, 5.74) is 8.47. The average Bonchev–Trinajstić information content (AvgIpc) is 2.46. The molecule has 0 spiro atoms. The smallest absolute Gasteiger partial charge is 0.132 e. The Kier molecular flexibility index (Phi) is 3.79. The molecule has 0 radical (unpaired) electrons. The third kappa shape index (κ3) is 2.90. The van der Waals surface area contributed by atoms with Crippen molar-refractivity contribution in [2.75, 3.05) is 11.9 Å². The van der Waals surface area contributed by atoms with Crippen LogP contribution >= 0.6 is 0 Å². The number of nitriles is 1. The Labute approximate surface area is 113 Å². The molecule has 0 bridgehead atoms. The van der Waals surface area contributed by atoms with E-state index in [1.807, 2.05) is 49.2 Å². The summed E-state index contributed by atoms with van der Waals surface area (Å²) in [4.78, 5) is 6.28. The molecule has 1 aromatic heterocycles. The summed E-state index contributed by atoms with van der Waals surface area (Å²) in [5, 5.41) is 8.93. The molecular weight excluding hydrogens is 236 g/mol. The van der Waals surface area contributed by atoms with Crippen molar-refractivity contribution in [3.8, 4) is 6.07 Å². The molecule has 1 heterocycles. The molecule has 0 unspecified atom stereocenters. The zero-order valence-corrected chi connectivity index (χ0v) is 11.0. The quantitative estimate of drug-likeness (QED) is 0.912. The fraction of sp³-hybridized carbons (Fsp3) is 0.200. The molecule has 0 aliphatic rings. The van der Waals surface area contributed by atoms with Crippen molar-refractivity contribution in [3.63, 3.8) is 0 Å². The standard InChI is InChI=1S/C15H16N4/c1-11(17)13-6-7-18-15(9-13)19(2)14-5-3-4-12(8-14)10-16/h3-9,11H,17H2,1-2H3/t11-/m1/s1. The predicted octanol–water partition coefficient (Wildman–Crippen LogP) is 2.74. The highest BCUT2D eigenvalue weighted by atomic mass is 15.2. The van der Waals surface area contributed by atoms with Crippen molar-refractivity contribution in [1.82, 2.24) is 4.98 Å². The molecule has 0 aliphatic heterocycles. The Bertz CT molecular complexity index is 614. The average molecular weight is 252 g/mol. The monoisotopic (exact) mass is 252 g/mol. The van der Waals surface area contributed by atoms with Crippen molar-refractivity contribution >= 4 is 11.5 Å². The normalized spacial score (nSPS) is 11.7.